The van der Waals surface area contributed by atoms with Crippen molar-refractivity contribution in [2.45, 2.75) is 39.2 Å². The number of nitrogens with zero attached hydrogens (tertiary/aromatic N) is 1. The maximum Gasteiger partial charge on any atom is 0.0673 e. The Labute approximate surface area is 94.2 Å². The van der Waals surface area contributed by atoms with E-state index in [2.05, 4.69) is 24.1 Å². The lowest BCUT2D eigenvalue weighted by Gasteiger charge is -2.21. The molecule has 1 aliphatic heterocycles. The van der Waals surface area contributed by atoms with E-state index in [-0.39, 0.29) is 0 Å². The average molecular weight is 214 g/mol. The van der Waals surface area contributed by atoms with Gasteiger partial charge in [-0.3, -0.25) is 0 Å². The Hall–Kier alpha value is -0.120. The van der Waals surface area contributed by atoms with Crippen LogP contribution in [0.15, 0.2) is 0 Å². The van der Waals surface area contributed by atoms with Gasteiger partial charge in [-0.2, -0.15) is 0 Å². The van der Waals surface area contributed by atoms with Crippen LogP contribution < -0.4 is 5.32 Å². The lowest BCUT2D eigenvalue weighted by Crippen LogP contribution is -2.32. The Balaban J connectivity index is 2.03. The van der Waals surface area contributed by atoms with Crippen molar-refractivity contribution in [2.24, 2.45) is 0 Å². The van der Waals surface area contributed by atoms with Crippen molar-refractivity contribution in [1.82, 2.24) is 10.2 Å². The van der Waals surface area contributed by atoms with Crippen LogP contribution in [0.3, 0.4) is 0 Å². The van der Waals surface area contributed by atoms with E-state index < -0.39 is 0 Å². The van der Waals surface area contributed by atoms with E-state index >= 15 is 0 Å². The van der Waals surface area contributed by atoms with E-state index in [0.717, 1.165) is 26.2 Å². The second-order valence-electron chi connectivity index (χ2n) is 4.44. The highest BCUT2D eigenvalue weighted by atomic mass is 16.5. The molecule has 0 saturated carbocycles. The summed E-state index contributed by atoms with van der Waals surface area (Å²) in [5.74, 6) is 0. The van der Waals surface area contributed by atoms with Crippen molar-refractivity contribution >= 4 is 0 Å². The van der Waals surface area contributed by atoms with Crippen LogP contribution >= 0.6 is 0 Å². The van der Waals surface area contributed by atoms with E-state index in [1.165, 1.54) is 32.4 Å². The topological polar surface area (TPSA) is 24.5 Å². The van der Waals surface area contributed by atoms with Crippen molar-refractivity contribution in [3.63, 3.8) is 0 Å². The van der Waals surface area contributed by atoms with Gasteiger partial charge in [-0.25, -0.2) is 0 Å². The van der Waals surface area contributed by atoms with Gasteiger partial charge in [0.1, 0.15) is 0 Å². The van der Waals surface area contributed by atoms with Crippen LogP contribution in [0, 0.1) is 0 Å². The molecule has 0 aromatic heterocycles. The Bertz CT molecular complexity index is 153. The molecule has 0 aromatic rings. The third-order valence-corrected chi connectivity index (χ3v) is 2.79. The molecule has 90 valence electrons. The van der Waals surface area contributed by atoms with Crippen molar-refractivity contribution in [2.75, 3.05) is 39.3 Å². The van der Waals surface area contributed by atoms with Crippen LogP contribution in [-0.4, -0.2) is 50.3 Å². The summed E-state index contributed by atoms with van der Waals surface area (Å²) in [5, 5.41) is 3.44. The molecule has 0 spiro atoms. The highest BCUT2D eigenvalue weighted by Gasteiger charge is 2.13. The minimum absolute atomic E-state index is 0.413. The SMILES string of the molecule is CCCNCCCN1CCCOC(C)C1. The molecule has 0 aromatic carbocycles. The third-order valence-electron chi connectivity index (χ3n) is 2.79. The van der Waals surface area contributed by atoms with Gasteiger partial charge >= 0.3 is 0 Å². The second-order valence-corrected chi connectivity index (χ2v) is 4.44. The summed E-state index contributed by atoms with van der Waals surface area (Å²) >= 11 is 0. The first-order valence-electron chi connectivity index (χ1n) is 6.37. The van der Waals surface area contributed by atoms with Crippen molar-refractivity contribution < 1.29 is 4.74 Å². The first kappa shape index (κ1) is 12.9. The number of hydrogen-bond donors (Lipinski definition) is 1. The minimum Gasteiger partial charge on any atom is -0.377 e. The quantitative estimate of drug-likeness (QED) is 0.678. The first-order chi connectivity index (χ1) is 7.33. The maximum atomic E-state index is 5.62. The summed E-state index contributed by atoms with van der Waals surface area (Å²) in [7, 11) is 0. The maximum absolute atomic E-state index is 5.62. The molecule has 1 atom stereocenters. The Kier molecular flexibility index (Phi) is 6.98. The molecule has 1 rings (SSSR count). The van der Waals surface area contributed by atoms with Crippen LogP contribution in [0.2, 0.25) is 0 Å². The van der Waals surface area contributed by atoms with Crippen LogP contribution in [0.25, 0.3) is 0 Å². The van der Waals surface area contributed by atoms with Gasteiger partial charge in [-0.05, 0) is 45.8 Å². The summed E-state index contributed by atoms with van der Waals surface area (Å²) in [6, 6.07) is 0. The molecule has 0 radical (unpaired) electrons. The van der Waals surface area contributed by atoms with Crippen LogP contribution in [0.4, 0.5) is 0 Å². The zero-order valence-electron chi connectivity index (χ0n) is 10.3. The van der Waals surface area contributed by atoms with Crippen LogP contribution in [0.1, 0.15) is 33.1 Å². The fraction of sp³-hybridized carbons (Fsp3) is 1.00. The Morgan fingerprint density at radius 2 is 2.27 bits per heavy atom. The molecule has 0 aliphatic carbocycles. The van der Waals surface area contributed by atoms with Gasteiger partial charge < -0.3 is 15.0 Å². The summed E-state index contributed by atoms with van der Waals surface area (Å²) in [6.45, 7) is 11.1. The Morgan fingerprint density at radius 3 is 3.07 bits per heavy atom. The predicted molar refractivity (Wildman–Crippen MR) is 64.2 cm³/mol. The van der Waals surface area contributed by atoms with Crippen LogP contribution in [0.5, 0.6) is 0 Å². The van der Waals surface area contributed by atoms with Crippen molar-refractivity contribution in [3.05, 3.63) is 0 Å². The zero-order valence-corrected chi connectivity index (χ0v) is 10.3. The van der Waals surface area contributed by atoms with E-state index in [4.69, 9.17) is 4.74 Å². The number of hydrogen-bond acceptors (Lipinski definition) is 3. The molecule has 1 N–H and O–H groups in total. The largest absolute Gasteiger partial charge is 0.377 e. The second kappa shape index (κ2) is 8.08. The van der Waals surface area contributed by atoms with Gasteiger partial charge in [0.25, 0.3) is 0 Å². The lowest BCUT2D eigenvalue weighted by molar-refractivity contribution is 0.0676. The molecular weight excluding hydrogens is 188 g/mol. The molecule has 3 heteroatoms. The van der Waals surface area contributed by atoms with Crippen LogP contribution in [-0.2, 0) is 4.74 Å². The highest BCUT2D eigenvalue weighted by Crippen LogP contribution is 2.05. The predicted octanol–water partition coefficient (Wildman–Crippen LogP) is 1.49. The van der Waals surface area contributed by atoms with E-state index in [9.17, 15) is 0 Å². The van der Waals surface area contributed by atoms with Crippen molar-refractivity contribution in [3.8, 4) is 0 Å². The molecule has 3 nitrogen and oxygen atoms in total. The van der Waals surface area contributed by atoms with Gasteiger partial charge in [0.15, 0.2) is 0 Å². The highest BCUT2D eigenvalue weighted by molar-refractivity contribution is 4.67. The van der Waals surface area contributed by atoms with Gasteiger partial charge in [0.2, 0.25) is 0 Å². The summed E-state index contributed by atoms with van der Waals surface area (Å²) in [4.78, 5) is 2.53. The Morgan fingerprint density at radius 1 is 1.40 bits per heavy atom. The molecule has 15 heavy (non-hydrogen) atoms. The molecule has 1 aliphatic rings. The molecular formula is C12H26N2O. The number of ether oxygens (including phenoxy) is 1. The average Bonchev–Trinajstić information content (AvgIpc) is 2.43. The molecule has 0 bridgehead atoms. The fourth-order valence-electron chi connectivity index (χ4n) is 2.01. The smallest absolute Gasteiger partial charge is 0.0673 e. The molecule has 1 heterocycles. The van der Waals surface area contributed by atoms with Gasteiger partial charge in [-0.15, -0.1) is 0 Å². The molecule has 1 unspecified atom stereocenters. The zero-order chi connectivity index (χ0) is 10.9. The van der Waals surface area contributed by atoms with Gasteiger partial charge in [-0.1, -0.05) is 6.92 Å². The standard InChI is InChI=1S/C12H26N2O/c1-3-6-13-7-4-8-14-9-5-10-15-12(2)11-14/h12-13H,3-11H2,1-2H3. The van der Waals surface area contributed by atoms with E-state index in [0.29, 0.717) is 6.10 Å². The summed E-state index contributed by atoms with van der Waals surface area (Å²) < 4.78 is 5.62. The molecule has 1 saturated heterocycles. The summed E-state index contributed by atoms with van der Waals surface area (Å²) in [6.07, 6.45) is 4.09. The molecule has 1 fully saturated rings. The van der Waals surface area contributed by atoms with E-state index in [1.807, 2.05) is 0 Å². The number of rotatable bonds is 6. The van der Waals surface area contributed by atoms with Gasteiger partial charge in [0.05, 0.1) is 6.10 Å². The lowest BCUT2D eigenvalue weighted by atomic mass is 10.3. The first-order valence-corrected chi connectivity index (χ1v) is 6.37. The minimum atomic E-state index is 0.413. The summed E-state index contributed by atoms with van der Waals surface area (Å²) in [5.41, 5.74) is 0. The fourth-order valence-corrected chi connectivity index (χ4v) is 2.01. The normalized spacial score (nSPS) is 24.0. The molecule has 0 amide bonds. The number of nitrogens with one attached hydrogen (secondary N) is 1. The van der Waals surface area contributed by atoms with E-state index in [1.54, 1.807) is 0 Å². The van der Waals surface area contributed by atoms with Gasteiger partial charge in [0, 0.05) is 19.7 Å². The third kappa shape index (κ3) is 6.13. The van der Waals surface area contributed by atoms with Crippen molar-refractivity contribution in [1.29, 1.82) is 0 Å². The monoisotopic (exact) mass is 214 g/mol.